The zero-order chi connectivity index (χ0) is 19.4. The molecule has 0 radical (unpaired) electrons. The van der Waals surface area contributed by atoms with Crippen LogP contribution in [0.15, 0.2) is 48.8 Å². The molecule has 1 aromatic carbocycles. The predicted octanol–water partition coefficient (Wildman–Crippen LogP) is 3.28. The van der Waals surface area contributed by atoms with Gasteiger partial charge in [0, 0.05) is 18.3 Å². The second-order valence-corrected chi connectivity index (χ2v) is 7.95. The Balaban J connectivity index is 1.49. The molecule has 2 fully saturated rings. The molecule has 5 heteroatoms. The second-order valence-electron chi connectivity index (χ2n) is 7.95. The average molecular weight is 380 g/mol. The van der Waals surface area contributed by atoms with E-state index in [2.05, 4.69) is 10.3 Å². The molecule has 1 aliphatic carbocycles. The van der Waals surface area contributed by atoms with Crippen molar-refractivity contribution in [3.05, 3.63) is 59.9 Å². The van der Waals surface area contributed by atoms with Gasteiger partial charge in [0.2, 0.25) is 5.91 Å². The Bertz CT molecular complexity index is 785. The van der Waals surface area contributed by atoms with Gasteiger partial charge in [0.25, 0.3) is 0 Å². The summed E-state index contributed by atoms with van der Waals surface area (Å²) in [6.07, 6.45) is 8.48. The van der Waals surface area contributed by atoms with Crippen LogP contribution >= 0.6 is 0 Å². The third kappa shape index (κ3) is 3.76. The predicted molar refractivity (Wildman–Crippen MR) is 107 cm³/mol. The van der Waals surface area contributed by atoms with E-state index >= 15 is 0 Å². The van der Waals surface area contributed by atoms with Gasteiger partial charge in [-0.3, -0.25) is 9.78 Å². The Labute approximate surface area is 166 Å². The van der Waals surface area contributed by atoms with Gasteiger partial charge >= 0.3 is 0 Å². The van der Waals surface area contributed by atoms with E-state index in [1.165, 1.54) is 5.56 Å². The first-order chi connectivity index (χ1) is 13.7. The number of ether oxygens (including phenoxy) is 2. The van der Waals surface area contributed by atoms with Crippen LogP contribution in [0, 0.1) is 5.92 Å². The van der Waals surface area contributed by atoms with E-state index in [4.69, 9.17) is 9.47 Å². The normalized spacial score (nSPS) is 23.5. The molecule has 1 aliphatic heterocycles. The second kappa shape index (κ2) is 8.31. The maximum Gasteiger partial charge on any atom is 0.230 e. The van der Waals surface area contributed by atoms with E-state index in [1.54, 1.807) is 7.11 Å². The number of carbonyl (C=O) groups excluding carboxylic acids is 1. The molecular formula is C23H28N2O3. The van der Waals surface area contributed by atoms with E-state index in [1.807, 2.05) is 48.8 Å². The molecule has 1 saturated heterocycles. The van der Waals surface area contributed by atoms with Gasteiger partial charge in [-0.2, -0.15) is 0 Å². The molecule has 2 heterocycles. The molecule has 0 spiro atoms. The zero-order valence-corrected chi connectivity index (χ0v) is 16.4. The summed E-state index contributed by atoms with van der Waals surface area (Å²) < 4.78 is 11.0. The fourth-order valence-electron chi connectivity index (χ4n) is 4.62. The van der Waals surface area contributed by atoms with Crippen molar-refractivity contribution in [2.45, 2.75) is 43.6 Å². The Morgan fingerprint density at radius 1 is 1.14 bits per heavy atom. The summed E-state index contributed by atoms with van der Waals surface area (Å²) in [6, 6.07) is 12.1. The van der Waals surface area contributed by atoms with E-state index in [-0.39, 0.29) is 11.9 Å². The van der Waals surface area contributed by atoms with Crippen LogP contribution in [0.5, 0.6) is 5.75 Å². The summed E-state index contributed by atoms with van der Waals surface area (Å²) in [5, 5.41) is 3.35. The number of benzene rings is 1. The minimum absolute atomic E-state index is 0.0522. The van der Waals surface area contributed by atoms with Crippen LogP contribution in [0.25, 0.3) is 0 Å². The molecular weight excluding hydrogens is 352 g/mol. The molecule has 0 bridgehead atoms. The molecule has 4 rings (SSSR count). The number of carbonyl (C=O) groups is 1. The lowest BCUT2D eigenvalue weighted by atomic mass is 9.77. The Morgan fingerprint density at radius 2 is 1.86 bits per heavy atom. The number of methoxy groups -OCH3 is 1. The lowest BCUT2D eigenvalue weighted by Crippen LogP contribution is -2.49. The van der Waals surface area contributed by atoms with Crippen LogP contribution < -0.4 is 10.1 Å². The summed E-state index contributed by atoms with van der Waals surface area (Å²) >= 11 is 0. The van der Waals surface area contributed by atoms with Crippen molar-refractivity contribution in [2.75, 3.05) is 20.3 Å². The fourth-order valence-corrected chi connectivity index (χ4v) is 4.62. The highest BCUT2D eigenvalue weighted by atomic mass is 16.5. The van der Waals surface area contributed by atoms with Crippen LogP contribution in [0.3, 0.4) is 0 Å². The summed E-state index contributed by atoms with van der Waals surface area (Å²) in [5.74, 6) is 1.25. The van der Waals surface area contributed by atoms with E-state index in [9.17, 15) is 4.79 Å². The van der Waals surface area contributed by atoms with Crippen molar-refractivity contribution in [1.82, 2.24) is 10.3 Å². The largest absolute Gasteiger partial charge is 0.497 e. The smallest absolute Gasteiger partial charge is 0.230 e. The number of amides is 1. The number of nitrogens with zero attached hydrogens (tertiary/aromatic N) is 1. The van der Waals surface area contributed by atoms with Crippen molar-refractivity contribution in [2.24, 2.45) is 5.92 Å². The van der Waals surface area contributed by atoms with Crippen molar-refractivity contribution in [3.63, 3.8) is 0 Å². The zero-order valence-electron chi connectivity index (χ0n) is 16.4. The average Bonchev–Trinajstić information content (AvgIpc) is 3.40. The number of rotatable bonds is 6. The lowest BCUT2D eigenvalue weighted by Gasteiger charge is -2.31. The molecule has 5 nitrogen and oxygen atoms in total. The first-order valence-corrected chi connectivity index (χ1v) is 10.1. The molecule has 1 amide bonds. The molecule has 0 unspecified atom stereocenters. The minimum Gasteiger partial charge on any atom is -0.497 e. The van der Waals surface area contributed by atoms with Crippen molar-refractivity contribution < 1.29 is 14.3 Å². The SMILES string of the molecule is COc1ccc(C2(C(=O)N[C@H]3COC[C@H]3Cc3ccncc3)CCCC2)cc1. The Kier molecular flexibility index (Phi) is 5.62. The van der Waals surface area contributed by atoms with Gasteiger partial charge in [0.05, 0.1) is 31.8 Å². The van der Waals surface area contributed by atoms with Gasteiger partial charge in [-0.05, 0) is 54.7 Å². The number of nitrogens with one attached hydrogen (secondary N) is 1. The quantitative estimate of drug-likeness (QED) is 0.836. The maximum atomic E-state index is 13.5. The van der Waals surface area contributed by atoms with Crippen molar-refractivity contribution in [3.8, 4) is 5.75 Å². The highest BCUT2D eigenvalue weighted by molar-refractivity contribution is 5.89. The third-order valence-corrected chi connectivity index (χ3v) is 6.30. The first-order valence-electron chi connectivity index (χ1n) is 10.1. The first kappa shape index (κ1) is 18.9. The van der Waals surface area contributed by atoms with Crippen LogP contribution in [0.1, 0.15) is 36.8 Å². The number of hydrogen-bond acceptors (Lipinski definition) is 4. The van der Waals surface area contributed by atoms with Gasteiger partial charge in [0.15, 0.2) is 0 Å². The van der Waals surface area contributed by atoms with Gasteiger partial charge < -0.3 is 14.8 Å². The molecule has 1 aromatic heterocycles. The van der Waals surface area contributed by atoms with Gasteiger partial charge in [0.1, 0.15) is 5.75 Å². The van der Waals surface area contributed by atoms with Crippen LogP contribution in [0.2, 0.25) is 0 Å². The highest BCUT2D eigenvalue weighted by Gasteiger charge is 2.44. The van der Waals surface area contributed by atoms with Gasteiger partial charge in [-0.15, -0.1) is 0 Å². The van der Waals surface area contributed by atoms with Gasteiger partial charge in [-0.25, -0.2) is 0 Å². The number of pyridine rings is 1. The fraction of sp³-hybridized carbons (Fsp3) is 0.478. The molecule has 2 aliphatic rings. The monoisotopic (exact) mass is 380 g/mol. The minimum atomic E-state index is -0.434. The molecule has 28 heavy (non-hydrogen) atoms. The van der Waals surface area contributed by atoms with E-state index < -0.39 is 5.41 Å². The molecule has 2 atom stereocenters. The van der Waals surface area contributed by atoms with Gasteiger partial charge in [-0.1, -0.05) is 25.0 Å². The topological polar surface area (TPSA) is 60.5 Å². The Hall–Kier alpha value is -2.40. The molecule has 148 valence electrons. The Morgan fingerprint density at radius 3 is 2.54 bits per heavy atom. The number of aromatic nitrogens is 1. The van der Waals surface area contributed by atoms with Crippen molar-refractivity contribution in [1.29, 1.82) is 0 Å². The summed E-state index contributed by atoms with van der Waals surface area (Å²) in [5.41, 5.74) is 1.89. The third-order valence-electron chi connectivity index (χ3n) is 6.30. The molecule has 2 aromatic rings. The van der Waals surface area contributed by atoms with E-state index in [0.29, 0.717) is 19.1 Å². The van der Waals surface area contributed by atoms with Crippen molar-refractivity contribution >= 4 is 5.91 Å². The van der Waals surface area contributed by atoms with Crippen LogP contribution in [-0.2, 0) is 21.4 Å². The van der Waals surface area contributed by atoms with Crippen LogP contribution in [0.4, 0.5) is 0 Å². The molecule has 1 saturated carbocycles. The maximum absolute atomic E-state index is 13.5. The standard InChI is InChI=1S/C23H28N2O3/c1-27-20-6-4-19(5-7-20)23(10-2-3-11-23)22(26)25-21-16-28-15-18(21)14-17-8-12-24-13-9-17/h4-9,12-13,18,21H,2-3,10-11,14-16H2,1H3,(H,25,26)/t18-,21+/m1/s1. The highest BCUT2D eigenvalue weighted by Crippen LogP contribution is 2.42. The van der Waals surface area contributed by atoms with E-state index in [0.717, 1.165) is 43.4 Å². The summed E-state index contributed by atoms with van der Waals surface area (Å²) in [6.45, 7) is 1.27. The lowest BCUT2D eigenvalue weighted by molar-refractivity contribution is -0.127. The van der Waals surface area contributed by atoms with Crippen LogP contribution in [-0.4, -0.2) is 37.3 Å². The summed E-state index contributed by atoms with van der Waals surface area (Å²) in [7, 11) is 1.66. The number of hydrogen-bond donors (Lipinski definition) is 1. The summed E-state index contributed by atoms with van der Waals surface area (Å²) in [4.78, 5) is 17.6. The molecule has 1 N–H and O–H groups in total.